The van der Waals surface area contributed by atoms with Crippen molar-refractivity contribution in [1.82, 2.24) is 10.2 Å². The maximum Gasteiger partial charge on any atom is 0.293 e. The molecule has 2 aromatic carbocycles. The van der Waals surface area contributed by atoms with Crippen LogP contribution in [-0.2, 0) is 14.8 Å². The van der Waals surface area contributed by atoms with Gasteiger partial charge in [-0.15, -0.1) is 10.2 Å². The van der Waals surface area contributed by atoms with E-state index in [4.69, 9.17) is 16.3 Å². The highest BCUT2D eigenvalue weighted by atomic mass is 35.5. The molecule has 0 atom stereocenters. The lowest BCUT2D eigenvalue weighted by Crippen LogP contribution is -2.30. The number of halogens is 1. The summed E-state index contributed by atoms with van der Waals surface area (Å²) in [7, 11) is -3.90. The van der Waals surface area contributed by atoms with Crippen molar-refractivity contribution in [2.45, 2.75) is 11.3 Å². The molecule has 0 saturated carbocycles. The zero-order valence-corrected chi connectivity index (χ0v) is 17.7. The molecule has 1 N–H and O–H groups in total. The molecule has 152 valence electrons. The first-order valence-corrected chi connectivity index (χ1v) is 11.1. The number of ether oxygens (including phenoxy) is 1. The number of benzene rings is 2. The van der Waals surface area contributed by atoms with E-state index in [0.29, 0.717) is 16.5 Å². The van der Waals surface area contributed by atoms with Gasteiger partial charge in [0.25, 0.3) is 20.3 Å². The number of amides is 1. The number of carbonyl (C=O) groups excluding carboxylic acids is 1. The van der Waals surface area contributed by atoms with Crippen molar-refractivity contribution in [3.05, 3.63) is 59.6 Å². The van der Waals surface area contributed by atoms with Gasteiger partial charge in [0, 0.05) is 11.6 Å². The molecule has 3 rings (SSSR count). The lowest BCUT2D eigenvalue weighted by Gasteiger charge is -2.20. The van der Waals surface area contributed by atoms with Crippen LogP contribution in [0.5, 0.6) is 5.75 Å². The average molecular weight is 453 g/mol. The zero-order chi connectivity index (χ0) is 20.9. The fourth-order valence-electron chi connectivity index (χ4n) is 2.38. The van der Waals surface area contributed by atoms with E-state index in [9.17, 15) is 13.2 Å². The Morgan fingerprint density at radius 3 is 2.48 bits per heavy atom. The topological polar surface area (TPSA) is 101 Å². The Kier molecular flexibility index (Phi) is 6.68. The number of rotatable bonds is 8. The van der Waals surface area contributed by atoms with E-state index in [1.54, 1.807) is 61.5 Å². The summed E-state index contributed by atoms with van der Waals surface area (Å²) < 4.78 is 32.1. The van der Waals surface area contributed by atoms with Crippen molar-refractivity contribution >= 4 is 49.7 Å². The second-order valence-electron chi connectivity index (χ2n) is 5.67. The lowest BCUT2D eigenvalue weighted by atomic mass is 10.3. The van der Waals surface area contributed by atoms with Gasteiger partial charge >= 0.3 is 0 Å². The highest BCUT2D eigenvalue weighted by Gasteiger charge is 2.28. The molecule has 0 unspecified atom stereocenters. The van der Waals surface area contributed by atoms with Crippen molar-refractivity contribution in [2.75, 3.05) is 22.8 Å². The fraction of sp³-hybridized carbons (Fsp3) is 0.167. The van der Waals surface area contributed by atoms with E-state index < -0.39 is 15.9 Å². The van der Waals surface area contributed by atoms with Crippen molar-refractivity contribution in [1.29, 1.82) is 0 Å². The summed E-state index contributed by atoms with van der Waals surface area (Å²) in [5.41, 5.74) is 0.521. The van der Waals surface area contributed by atoms with Crippen LogP contribution in [0.4, 0.5) is 10.8 Å². The van der Waals surface area contributed by atoms with Gasteiger partial charge < -0.3 is 4.74 Å². The van der Waals surface area contributed by atoms with Gasteiger partial charge in [-0.25, -0.2) is 0 Å². The first-order chi connectivity index (χ1) is 13.9. The van der Waals surface area contributed by atoms with Crippen molar-refractivity contribution in [2.24, 2.45) is 0 Å². The number of aromatic nitrogens is 2. The Bertz CT molecular complexity index is 1070. The van der Waals surface area contributed by atoms with Crippen LogP contribution in [0.1, 0.15) is 6.92 Å². The summed E-state index contributed by atoms with van der Waals surface area (Å²) in [6.45, 7) is 1.68. The minimum absolute atomic E-state index is 0.0670. The molecule has 0 aliphatic rings. The van der Waals surface area contributed by atoms with Gasteiger partial charge in [-0.1, -0.05) is 41.1 Å². The molecule has 11 heteroatoms. The Balaban J connectivity index is 1.66. The summed E-state index contributed by atoms with van der Waals surface area (Å²) in [6, 6.07) is 15.2. The molecule has 0 saturated heterocycles. The van der Waals surface area contributed by atoms with Crippen LogP contribution in [0.3, 0.4) is 0 Å². The molecule has 0 spiro atoms. The van der Waals surface area contributed by atoms with Gasteiger partial charge in [-0.2, -0.15) is 8.42 Å². The maximum atomic E-state index is 12.9. The Hall–Kier alpha value is -2.69. The molecule has 0 bridgehead atoms. The molecule has 3 aromatic rings. The molecule has 1 heterocycles. The monoisotopic (exact) mass is 452 g/mol. The van der Waals surface area contributed by atoms with Crippen LogP contribution in [0.15, 0.2) is 58.9 Å². The number of carbonyl (C=O) groups is 1. The average Bonchev–Trinajstić information content (AvgIpc) is 3.18. The molecule has 0 fully saturated rings. The zero-order valence-electron chi connectivity index (χ0n) is 15.3. The van der Waals surface area contributed by atoms with E-state index in [1.807, 2.05) is 0 Å². The lowest BCUT2D eigenvalue weighted by molar-refractivity contribution is -0.118. The summed E-state index contributed by atoms with van der Waals surface area (Å²) >= 11 is 6.56. The summed E-state index contributed by atoms with van der Waals surface area (Å²) in [5.74, 6) is -0.0121. The molecule has 1 amide bonds. The number of sulfonamides is 1. The summed E-state index contributed by atoms with van der Waals surface area (Å²) in [6.07, 6.45) is 0. The first-order valence-electron chi connectivity index (χ1n) is 8.49. The van der Waals surface area contributed by atoms with Gasteiger partial charge in [0.1, 0.15) is 5.75 Å². The van der Waals surface area contributed by atoms with Gasteiger partial charge in [0.2, 0.25) is 5.13 Å². The molecular formula is C18H17ClN4O4S2. The first kappa shape index (κ1) is 21.0. The molecular weight excluding hydrogens is 436 g/mol. The minimum Gasteiger partial charge on any atom is -0.484 e. The molecule has 1 aromatic heterocycles. The summed E-state index contributed by atoms with van der Waals surface area (Å²) in [5, 5.41) is 10.6. The standard InChI is InChI=1S/C18H17ClN4O4S2/c1-2-23(14-6-4-3-5-7-14)29(25,26)18-22-21-17(28-18)20-16(24)12-27-15-10-8-13(19)9-11-15/h3-11H,2,12H2,1H3,(H,20,21,24). The van der Waals surface area contributed by atoms with Crippen LogP contribution in [0.25, 0.3) is 0 Å². The van der Waals surface area contributed by atoms with E-state index in [0.717, 1.165) is 11.3 Å². The Labute approximate surface area is 177 Å². The van der Waals surface area contributed by atoms with E-state index >= 15 is 0 Å². The second kappa shape index (κ2) is 9.21. The van der Waals surface area contributed by atoms with Gasteiger partial charge in [-0.3, -0.25) is 14.4 Å². The Morgan fingerprint density at radius 1 is 1.14 bits per heavy atom. The molecule has 0 aliphatic carbocycles. The molecule has 0 radical (unpaired) electrons. The number of hydrogen-bond donors (Lipinski definition) is 1. The summed E-state index contributed by atoms with van der Waals surface area (Å²) in [4.78, 5) is 12.0. The van der Waals surface area contributed by atoms with Crippen LogP contribution >= 0.6 is 22.9 Å². The van der Waals surface area contributed by atoms with E-state index in [2.05, 4.69) is 15.5 Å². The largest absolute Gasteiger partial charge is 0.484 e. The molecule has 29 heavy (non-hydrogen) atoms. The Morgan fingerprint density at radius 2 is 1.83 bits per heavy atom. The van der Waals surface area contributed by atoms with Crippen molar-refractivity contribution < 1.29 is 17.9 Å². The third kappa shape index (κ3) is 5.22. The van der Waals surface area contributed by atoms with Gasteiger partial charge in [-0.05, 0) is 43.3 Å². The second-order valence-corrected chi connectivity index (χ2v) is 9.12. The number of anilines is 2. The normalized spacial score (nSPS) is 11.1. The highest BCUT2D eigenvalue weighted by Crippen LogP contribution is 2.27. The van der Waals surface area contributed by atoms with Crippen molar-refractivity contribution in [3.63, 3.8) is 0 Å². The van der Waals surface area contributed by atoms with E-state index in [1.165, 1.54) is 4.31 Å². The van der Waals surface area contributed by atoms with Gasteiger partial charge in [0.15, 0.2) is 6.61 Å². The fourth-order valence-corrected chi connectivity index (χ4v) is 5.00. The molecule has 0 aliphatic heterocycles. The van der Waals surface area contributed by atoms with Crippen LogP contribution in [0, 0.1) is 0 Å². The predicted molar refractivity (Wildman–Crippen MR) is 112 cm³/mol. The smallest absolute Gasteiger partial charge is 0.293 e. The van der Waals surface area contributed by atoms with Crippen LogP contribution < -0.4 is 14.4 Å². The minimum atomic E-state index is -3.90. The SMILES string of the molecule is CCN(c1ccccc1)S(=O)(=O)c1nnc(NC(=O)COc2ccc(Cl)cc2)s1. The maximum absolute atomic E-state index is 12.9. The highest BCUT2D eigenvalue weighted by molar-refractivity contribution is 7.94. The quantitative estimate of drug-likeness (QED) is 0.525. The van der Waals surface area contributed by atoms with Crippen molar-refractivity contribution in [3.8, 4) is 5.75 Å². The number of nitrogens with one attached hydrogen (secondary N) is 1. The number of para-hydroxylation sites is 1. The van der Waals surface area contributed by atoms with E-state index in [-0.39, 0.29) is 22.6 Å². The number of hydrogen-bond acceptors (Lipinski definition) is 7. The third-order valence-corrected chi connectivity index (χ3v) is 7.02. The van der Waals surface area contributed by atoms with Crippen LogP contribution in [-0.4, -0.2) is 37.7 Å². The van der Waals surface area contributed by atoms with Gasteiger partial charge in [0.05, 0.1) is 5.69 Å². The molecule has 8 nitrogen and oxygen atoms in total. The third-order valence-electron chi connectivity index (χ3n) is 3.68. The predicted octanol–water partition coefficient (Wildman–Crippen LogP) is 3.42. The number of nitrogens with zero attached hydrogens (tertiary/aromatic N) is 3. The van der Waals surface area contributed by atoms with Crippen LogP contribution in [0.2, 0.25) is 5.02 Å².